The summed E-state index contributed by atoms with van der Waals surface area (Å²) in [5.74, 6) is -2.43. The third-order valence-corrected chi connectivity index (χ3v) is 1.93. The standard InChI is InChI=1S/C7H7Cl2N5O4/c8-1-3(15)11-7-5(12-18-14-7)6(10)13-17-4(16)2-9/h1-2H2,(H2,10,13)(H,11,14,15). The quantitative estimate of drug-likeness (QED) is 0.249. The molecule has 0 atom stereocenters. The molecule has 0 aliphatic carbocycles. The molecule has 1 amide bonds. The highest BCUT2D eigenvalue weighted by molar-refractivity contribution is 6.29. The molecule has 98 valence electrons. The monoisotopic (exact) mass is 295 g/mol. The minimum absolute atomic E-state index is 0.0937. The molecule has 9 nitrogen and oxygen atoms in total. The van der Waals surface area contributed by atoms with Crippen molar-refractivity contribution in [3.8, 4) is 0 Å². The minimum Gasteiger partial charge on any atom is -0.379 e. The molecule has 0 spiro atoms. The van der Waals surface area contributed by atoms with Crippen molar-refractivity contribution in [2.24, 2.45) is 10.9 Å². The number of hydrogen-bond donors (Lipinski definition) is 2. The van der Waals surface area contributed by atoms with Gasteiger partial charge in [0.1, 0.15) is 11.8 Å². The number of aromatic nitrogens is 2. The second kappa shape index (κ2) is 6.77. The number of amides is 1. The molecule has 0 saturated heterocycles. The Labute approximate surface area is 110 Å². The van der Waals surface area contributed by atoms with E-state index in [1.54, 1.807) is 0 Å². The van der Waals surface area contributed by atoms with Crippen molar-refractivity contribution in [3.05, 3.63) is 5.69 Å². The van der Waals surface area contributed by atoms with Crippen LogP contribution in [-0.2, 0) is 14.4 Å². The second-order valence-electron chi connectivity index (χ2n) is 2.72. The van der Waals surface area contributed by atoms with Crippen LogP contribution in [0.15, 0.2) is 9.78 Å². The zero-order chi connectivity index (χ0) is 13.5. The molecular formula is C7H7Cl2N5O4. The topological polar surface area (TPSA) is 133 Å². The van der Waals surface area contributed by atoms with E-state index in [4.69, 9.17) is 28.9 Å². The lowest BCUT2D eigenvalue weighted by Gasteiger charge is -1.99. The Hall–Kier alpha value is -1.87. The number of nitrogens with zero attached hydrogens (tertiary/aromatic N) is 3. The fourth-order valence-electron chi connectivity index (χ4n) is 0.772. The van der Waals surface area contributed by atoms with Crippen LogP contribution in [0.1, 0.15) is 5.69 Å². The summed E-state index contributed by atoms with van der Waals surface area (Å²) < 4.78 is 4.36. The van der Waals surface area contributed by atoms with E-state index >= 15 is 0 Å². The zero-order valence-corrected chi connectivity index (χ0v) is 10.2. The molecule has 1 heterocycles. The minimum atomic E-state index is -0.803. The third-order valence-electron chi connectivity index (χ3n) is 1.47. The van der Waals surface area contributed by atoms with E-state index in [1.165, 1.54) is 0 Å². The highest BCUT2D eigenvalue weighted by atomic mass is 35.5. The Balaban J connectivity index is 2.80. The average molecular weight is 296 g/mol. The predicted octanol–water partition coefficient (Wildman–Crippen LogP) is -0.351. The molecule has 0 bridgehead atoms. The highest BCUT2D eigenvalue weighted by Gasteiger charge is 2.17. The second-order valence-corrected chi connectivity index (χ2v) is 3.25. The van der Waals surface area contributed by atoms with Crippen molar-refractivity contribution in [1.29, 1.82) is 0 Å². The SMILES string of the molecule is N/C(=N\OC(=O)CCl)c1nonc1NC(=O)CCl. The van der Waals surface area contributed by atoms with Crippen LogP contribution < -0.4 is 11.1 Å². The number of rotatable bonds is 5. The lowest BCUT2D eigenvalue weighted by molar-refractivity contribution is -0.140. The van der Waals surface area contributed by atoms with E-state index in [-0.39, 0.29) is 29.1 Å². The van der Waals surface area contributed by atoms with Gasteiger partial charge in [-0.15, -0.1) is 23.2 Å². The van der Waals surface area contributed by atoms with Gasteiger partial charge < -0.3 is 15.9 Å². The van der Waals surface area contributed by atoms with Gasteiger partial charge in [0.25, 0.3) is 0 Å². The van der Waals surface area contributed by atoms with Crippen molar-refractivity contribution >= 4 is 46.7 Å². The van der Waals surface area contributed by atoms with Crippen LogP contribution in [0.3, 0.4) is 0 Å². The maximum absolute atomic E-state index is 11.0. The van der Waals surface area contributed by atoms with E-state index in [0.717, 1.165) is 0 Å². The molecule has 3 N–H and O–H groups in total. The van der Waals surface area contributed by atoms with Crippen LogP contribution in [0.5, 0.6) is 0 Å². The van der Waals surface area contributed by atoms with Crippen molar-refractivity contribution in [2.75, 3.05) is 17.1 Å². The zero-order valence-electron chi connectivity index (χ0n) is 8.72. The summed E-state index contributed by atoms with van der Waals surface area (Å²) in [7, 11) is 0. The molecule has 0 fully saturated rings. The molecule has 0 saturated carbocycles. The van der Waals surface area contributed by atoms with Crippen LogP contribution in [-0.4, -0.2) is 39.8 Å². The van der Waals surface area contributed by atoms with Crippen LogP contribution in [0.25, 0.3) is 0 Å². The van der Waals surface area contributed by atoms with Gasteiger partial charge in [-0.05, 0) is 10.3 Å². The van der Waals surface area contributed by atoms with E-state index in [2.05, 4.69) is 30.3 Å². The molecule has 0 aliphatic heterocycles. The first-order valence-corrected chi connectivity index (χ1v) is 5.43. The number of alkyl halides is 2. The van der Waals surface area contributed by atoms with Crippen molar-refractivity contribution in [3.63, 3.8) is 0 Å². The lowest BCUT2D eigenvalue weighted by Crippen LogP contribution is -2.20. The Morgan fingerprint density at radius 2 is 2.11 bits per heavy atom. The number of nitrogens with one attached hydrogen (secondary N) is 1. The largest absolute Gasteiger partial charge is 0.379 e. The Morgan fingerprint density at radius 3 is 2.72 bits per heavy atom. The average Bonchev–Trinajstić information content (AvgIpc) is 2.83. The number of carbonyl (C=O) groups is 2. The van der Waals surface area contributed by atoms with Crippen molar-refractivity contribution in [1.82, 2.24) is 10.3 Å². The summed E-state index contributed by atoms with van der Waals surface area (Å²) in [5, 5.41) is 12.3. The Kier molecular flexibility index (Phi) is 5.33. The molecule has 0 unspecified atom stereocenters. The van der Waals surface area contributed by atoms with Gasteiger partial charge in [-0.25, -0.2) is 9.42 Å². The number of carbonyl (C=O) groups excluding carboxylic acids is 2. The first-order chi connectivity index (χ1) is 8.58. The number of amidine groups is 1. The van der Waals surface area contributed by atoms with Gasteiger partial charge >= 0.3 is 5.97 Å². The van der Waals surface area contributed by atoms with Crippen LogP contribution in [0.4, 0.5) is 5.82 Å². The summed E-state index contributed by atoms with van der Waals surface area (Å²) in [6.07, 6.45) is 0. The fraction of sp³-hybridized carbons (Fsp3) is 0.286. The normalized spacial score (nSPS) is 11.1. The highest BCUT2D eigenvalue weighted by Crippen LogP contribution is 2.09. The van der Waals surface area contributed by atoms with Crippen molar-refractivity contribution < 1.29 is 19.1 Å². The van der Waals surface area contributed by atoms with Gasteiger partial charge in [-0.2, -0.15) is 0 Å². The molecule has 1 aromatic rings. The molecule has 0 aliphatic rings. The van der Waals surface area contributed by atoms with Crippen LogP contribution in [0.2, 0.25) is 0 Å². The van der Waals surface area contributed by atoms with E-state index < -0.39 is 11.9 Å². The van der Waals surface area contributed by atoms with Gasteiger partial charge in [-0.3, -0.25) is 4.79 Å². The summed E-state index contributed by atoms with van der Waals surface area (Å²) in [4.78, 5) is 26.1. The summed E-state index contributed by atoms with van der Waals surface area (Å²) in [5.41, 5.74) is 5.34. The summed E-state index contributed by atoms with van der Waals surface area (Å²) in [6.45, 7) is 0. The molecule has 0 radical (unpaired) electrons. The maximum Gasteiger partial charge on any atom is 0.349 e. The van der Waals surface area contributed by atoms with E-state index in [1.807, 2.05) is 0 Å². The molecule has 11 heteroatoms. The summed E-state index contributed by atoms with van der Waals surface area (Å²) in [6, 6.07) is 0. The molecule has 18 heavy (non-hydrogen) atoms. The number of oxime groups is 1. The first-order valence-electron chi connectivity index (χ1n) is 4.36. The fourth-order valence-corrected chi connectivity index (χ4v) is 0.887. The smallest absolute Gasteiger partial charge is 0.349 e. The number of nitrogens with two attached hydrogens (primary N) is 1. The van der Waals surface area contributed by atoms with Gasteiger partial charge in [0.05, 0.1) is 0 Å². The Bertz CT molecular complexity index is 474. The Morgan fingerprint density at radius 1 is 1.39 bits per heavy atom. The van der Waals surface area contributed by atoms with Gasteiger partial charge in [0, 0.05) is 0 Å². The molecule has 0 aromatic carbocycles. The maximum atomic E-state index is 11.0. The number of halogens is 2. The van der Waals surface area contributed by atoms with Crippen LogP contribution in [0, 0.1) is 0 Å². The van der Waals surface area contributed by atoms with Gasteiger partial charge in [0.15, 0.2) is 11.5 Å². The van der Waals surface area contributed by atoms with E-state index in [0.29, 0.717) is 0 Å². The van der Waals surface area contributed by atoms with Crippen molar-refractivity contribution in [2.45, 2.75) is 0 Å². The van der Waals surface area contributed by atoms with E-state index in [9.17, 15) is 9.59 Å². The predicted molar refractivity (Wildman–Crippen MR) is 61.2 cm³/mol. The van der Waals surface area contributed by atoms with Gasteiger partial charge in [-0.1, -0.05) is 5.16 Å². The molecular weight excluding hydrogens is 289 g/mol. The van der Waals surface area contributed by atoms with Gasteiger partial charge in [0.2, 0.25) is 11.7 Å². The van der Waals surface area contributed by atoms with Crippen LogP contribution >= 0.6 is 23.2 Å². The lowest BCUT2D eigenvalue weighted by atomic mass is 10.4. The first kappa shape index (κ1) is 14.2. The number of anilines is 1. The summed E-state index contributed by atoms with van der Waals surface area (Å²) >= 11 is 10.5. The molecule has 1 aromatic heterocycles. The molecule has 1 rings (SSSR count). The third kappa shape index (κ3) is 3.86. The number of hydrogen-bond acceptors (Lipinski definition) is 7.